The predicted octanol–water partition coefficient (Wildman–Crippen LogP) is 3.03. The van der Waals surface area contributed by atoms with E-state index in [-0.39, 0.29) is 5.97 Å². The monoisotopic (exact) mass is 404 g/mol. The molecule has 0 aliphatic carbocycles. The molecule has 5 heteroatoms. The summed E-state index contributed by atoms with van der Waals surface area (Å²) >= 11 is 0. The second-order valence-corrected chi connectivity index (χ2v) is 13.3. The predicted molar refractivity (Wildman–Crippen MR) is 119 cm³/mol. The highest BCUT2D eigenvalue weighted by atomic mass is 28.4. The lowest BCUT2D eigenvalue weighted by Crippen LogP contribution is -2.68. The maximum atomic E-state index is 12.1. The molecule has 3 aromatic carbocycles. The van der Waals surface area contributed by atoms with Gasteiger partial charge in [-0.2, -0.15) is 0 Å². The summed E-state index contributed by atoms with van der Waals surface area (Å²) < 4.78 is 12.9. The third-order valence-electron chi connectivity index (χ3n) is 4.75. The summed E-state index contributed by atoms with van der Waals surface area (Å²) in [6, 6.07) is 30.0. The zero-order chi connectivity index (χ0) is 20.0. The molecule has 0 fully saturated rings. The van der Waals surface area contributed by atoms with Crippen molar-refractivity contribution in [1.29, 1.82) is 0 Å². The molecule has 1 unspecified atom stereocenters. The Morgan fingerprint density at radius 1 is 0.786 bits per heavy atom. The van der Waals surface area contributed by atoms with E-state index in [1.807, 2.05) is 66.7 Å². The van der Waals surface area contributed by atoms with Crippen LogP contribution in [0.3, 0.4) is 0 Å². The van der Waals surface area contributed by atoms with Gasteiger partial charge in [-0.25, -0.2) is 0 Å². The molecule has 3 rings (SSSR count). The van der Waals surface area contributed by atoms with Crippen molar-refractivity contribution in [1.82, 2.24) is 0 Å². The van der Waals surface area contributed by atoms with E-state index in [1.54, 1.807) is 5.70 Å². The van der Waals surface area contributed by atoms with Crippen molar-refractivity contribution in [3.63, 3.8) is 0 Å². The number of benzene rings is 3. The Bertz CT molecular complexity index is 890. The lowest BCUT2D eigenvalue weighted by Gasteiger charge is -2.38. The Kier molecular flexibility index (Phi) is 6.09. The molecule has 142 valence electrons. The lowest BCUT2D eigenvalue weighted by molar-refractivity contribution is -0.133. The molecule has 28 heavy (non-hydrogen) atoms. The van der Waals surface area contributed by atoms with Crippen LogP contribution in [0.5, 0.6) is 0 Å². The highest BCUT2D eigenvalue weighted by Gasteiger charge is 2.49. The minimum absolute atomic E-state index is 0.368. The van der Waals surface area contributed by atoms with E-state index < -0.39 is 16.9 Å². The van der Waals surface area contributed by atoms with Crippen LogP contribution in [-0.4, -0.2) is 22.8 Å². The molecule has 0 bridgehead atoms. The Balaban J connectivity index is 2.19. The van der Waals surface area contributed by atoms with Crippen molar-refractivity contribution in [3.05, 3.63) is 103 Å². The Hall–Kier alpha value is -2.74. The average molecular weight is 405 g/mol. The summed E-state index contributed by atoms with van der Waals surface area (Å²) in [6.07, 6.45) is 0. The zero-order valence-corrected chi connectivity index (χ0v) is 18.2. The lowest BCUT2D eigenvalue weighted by atomic mass is 10.4. The van der Waals surface area contributed by atoms with Gasteiger partial charge in [-0.1, -0.05) is 91.0 Å². The largest absolute Gasteiger partial charge is 0.488 e. The second kappa shape index (κ2) is 8.52. The van der Waals surface area contributed by atoms with Crippen LogP contribution in [0.25, 0.3) is 0 Å². The van der Waals surface area contributed by atoms with E-state index in [4.69, 9.17) is 8.54 Å². The fourth-order valence-corrected chi connectivity index (χ4v) is 11.2. The number of carbonyl (C=O) groups excluding carboxylic acids is 1. The number of hydrogen-bond acceptors (Lipinski definition) is 3. The molecular formula is C23H24O3Si2. The van der Waals surface area contributed by atoms with Gasteiger partial charge in [0.05, 0.1) is 0 Å². The summed E-state index contributed by atoms with van der Waals surface area (Å²) in [5.74, 6) is -0.368. The van der Waals surface area contributed by atoms with Gasteiger partial charge in [0.1, 0.15) is 0 Å². The van der Waals surface area contributed by atoms with Crippen molar-refractivity contribution < 1.29 is 13.3 Å². The van der Waals surface area contributed by atoms with E-state index in [0.717, 1.165) is 15.6 Å². The first-order valence-electron chi connectivity index (χ1n) is 9.20. The zero-order valence-electron chi connectivity index (χ0n) is 16.2. The quantitative estimate of drug-likeness (QED) is 0.568. The van der Waals surface area contributed by atoms with Gasteiger partial charge >= 0.3 is 8.56 Å². The molecule has 0 aromatic heterocycles. The normalized spacial score (nSPS) is 13.4. The molecule has 0 aliphatic rings. The van der Waals surface area contributed by atoms with Crippen LogP contribution in [0, 0.1) is 0 Å². The summed E-state index contributed by atoms with van der Waals surface area (Å²) in [7, 11) is -5.93. The summed E-state index contributed by atoms with van der Waals surface area (Å²) in [4.78, 5) is 12.1. The topological polar surface area (TPSA) is 35.5 Å². The Morgan fingerprint density at radius 2 is 1.18 bits per heavy atom. The average Bonchev–Trinajstić information content (AvgIpc) is 2.74. The van der Waals surface area contributed by atoms with Crippen molar-refractivity contribution in [3.8, 4) is 0 Å². The second-order valence-electron chi connectivity index (χ2n) is 6.70. The first kappa shape index (κ1) is 20.0. The standard InChI is InChI=1S/C23H24O3Si2/c1-4-28(25-20(2)24,23-18-12-7-13-19-23)26-27(3,21-14-8-5-9-15-21)22-16-10-6-11-17-22/h4-19H,1H2,2-3H3. The number of hydrogen-bond donors (Lipinski definition) is 0. The van der Waals surface area contributed by atoms with Gasteiger partial charge in [-0.15, -0.1) is 6.58 Å². The molecule has 0 saturated heterocycles. The van der Waals surface area contributed by atoms with Crippen molar-refractivity contribution in [2.45, 2.75) is 13.5 Å². The fraction of sp³-hybridized carbons (Fsp3) is 0.0870. The van der Waals surface area contributed by atoms with E-state index in [2.05, 4.69) is 37.4 Å². The van der Waals surface area contributed by atoms with E-state index in [0.29, 0.717) is 0 Å². The fourth-order valence-electron chi connectivity index (χ4n) is 3.32. The van der Waals surface area contributed by atoms with Gasteiger partial charge in [0.15, 0.2) is 0 Å². The smallest absolute Gasteiger partial charge is 0.452 e. The van der Waals surface area contributed by atoms with Crippen LogP contribution in [-0.2, 0) is 13.3 Å². The highest BCUT2D eigenvalue weighted by Crippen LogP contribution is 2.19. The molecule has 0 amide bonds. The van der Waals surface area contributed by atoms with Crippen molar-refractivity contribution in [2.24, 2.45) is 0 Å². The van der Waals surface area contributed by atoms with Crippen LogP contribution in [0.1, 0.15) is 6.92 Å². The third kappa shape index (κ3) is 4.06. The van der Waals surface area contributed by atoms with E-state index in [1.165, 1.54) is 6.92 Å². The molecule has 0 radical (unpaired) electrons. The minimum atomic E-state index is -3.23. The Labute approximate surface area is 168 Å². The van der Waals surface area contributed by atoms with Crippen LogP contribution in [0.2, 0.25) is 6.55 Å². The molecule has 0 aliphatic heterocycles. The third-order valence-corrected chi connectivity index (χ3v) is 12.7. The minimum Gasteiger partial charge on any atom is -0.488 e. The van der Waals surface area contributed by atoms with Gasteiger partial charge < -0.3 is 8.54 Å². The van der Waals surface area contributed by atoms with E-state index in [9.17, 15) is 4.79 Å². The highest BCUT2D eigenvalue weighted by molar-refractivity contribution is 7.04. The van der Waals surface area contributed by atoms with Gasteiger partial charge in [0, 0.05) is 12.1 Å². The van der Waals surface area contributed by atoms with Gasteiger partial charge in [0.25, 0.3) is 5.97 Å². The SMILES string of the molecule is C=C[Si](OC(C)=O)(O[Si](C)(c1ccccc1)c1ccccc1)c1ccccc1. The molecular weight excluding hydrogens is 380 g/mol. The summed E-state index contributed by atoms with van der Waals surface area (Å²) in [5.41, 5.74) is 1.71. The van der Waals surface area contributed by atoms with Gasteiger partial charge in [-0.05, 0) is 22.6 Å². The van der Waals surface area contributed by atoms with Crippen LogP contribution in [0.4, 0.5) is 0 Å². The van der Waals surface area contributed by atoms with Crippen molar-refractivity contribution in [2.75, 3.05) is 0 Å². The van der Waals surface area contributed by atoms with Crippen LogP contribution < -0.4 is 15.6 Å². The number of rotatable bonds is 7. The number of carbonyl (C=O) groups is 1. The van der Waals surface area contributed by atoms with Gasteiger partial charge in [-0.3, -0.25) is 4.79 Å². The van der Waals surface area contributed by atoms with Crippen LogP contribution in [0.15, 0.2) is 103 Å². The molecule has 0 N–H and O–H groups in total. The Morgan fingerprint density at radius 3 is 1.54 bits per heavy atom. The molecule has 0 spiro atoms. The summed E-state index contributed by atoms with van der Waals surface area (Å²) in [5, 5.41) is 3.09. The maximum Gasteiger partial charge on any atom is 0.452 e. The van der Waals surface area contributed by atoms with Crippen LogP contribution >= 0.6 is 0 Å². The molecule has 1 atom stereocenters. The first-order chi connectivity index (χ1) is 13.5. The van der Waals surface area contributed by atoms with Crippen molar-refractivity contribution >= 4 is 38.4 Å². The maximum absolute atomic E-state index is 12.1. The molecule has 3 nitrogen and oxygen atoms in total. The first-order valence-corrected chi connectivity index (χ1v) is 13.5. The van der Waals surface area contributed by atoms with Gasteiger partial charge in [0.2, 0.25) is 8.32 Å². The molecule has 0 saturated carbocycles. The summed E-state index contributed by atoms with van der Waals surface area (Å²) in [6.45, 7) is 7.58. The molecule has 3 aromatic rings. The molecule has 0 heterocycles. The van der Waals surface area contributed by atoms with E-state index >= 15 is 0 Å².